The van der Waals surface area contributed by atoms with Crippen LogP contribution in [0.5, 0.6) is 0 Å². The van der Waals surface area contributed by atoms with Crippen LogP contribution in [0.1, 0.15) is 69.3 Å². The van der Waals surface area contributed by atoms with Crippen LogP contribution in [0, 0.1) is 5.41 Å². The van der Waals surface area contributed by atoms with E-state index in [4.69, 9.17) is 0 Å². The lowest BCUT2D eigenvalue weighted by molar-refractivity contribution is -0.136. The maximum atomic E-state index is 13.4. The zero-order valence-corrected chi connectivity index (χ0v) is 16.2. The van der Waals surface area contributed by atoms with Crippen molar-refractivity contribution in [2.24, 2.45) is 5.41 Å². The molecule has 2 aromatic rings. The van der Waals surface area contributed by atoms with Crippen LogP contribution in [0.2, 0.25) is 0 Å². The Bertz CT molecular complexity index is 948. The quantitative estimate of drug-likeness (QED) is 0.774. The monoisotopic (exact) mass is 365 g/mol. The summed E-state index contributed by atoms with van der Waals surface area (Å²) in [6, 6.07) is 8.08. The van der Waals surface area contributed by atoms with Crippen molar-refractivity contribution in [3.8, 4) is 0 Å². The third-order valence-corrected chi connectivity index (χ3v) is 7.46. The number of ketones is 1. The van der Waals surface area contributed by atoms with Gasteiger partial charge in [0.1, 0.15) is 12.2 Å². The number of hydrogen-bond donors (Lipinski definition) is 0. The molecule has 3 atom stereocenters. The minimum atomic E-state index is -0.0597. The highest BCUT2D eigenvalue weighted by Gasteiger charge is 2.73. The lowest BCUT2D eigenvalue weighted by Crippen LogP contribution is -2.45. The van der Waals surface area contributed by atoms with Gasteiger partial charge in [0.2, 0.25) is 5.91 Å². The largest absolute Gasteiger partial charge is 0.332 e. The number of nitrogens with zero attached hydrogens (tertiary/aromatic N) is 3. The molecular formula is C22H27N3O2. The first-order valence-corrected chi connectivity index (χ1v) is 10.2. The number of para-hydroxylation sites is 1. The van der Waals surface area contributed by atoms with E-state index < -0.39 is 0 Å². The maximum absolute atomic E-state index is 13.4. The number of piperidine rings is 1. The Kier molecular flexibility index (Phi) is 3.56. The standard InChI is InChI=1S/C22H27N3O2/c1-15(26)20-17-9-5-6-10-18(17)24(23-20)13-19(27)25-16-8-4-3-7-11-22(12-16)14-21(22,25)2/h5-6,9-10,16H,3-4,7-8,11-14H2,1-2H3. The molecule has 27 heavy (non-hydrogen) atoms. The Morgan fingerprint density at radius 2 is 2.04 bits per heavy atom. The normalized spacial score (nSPS) is 32.1. The van der Waals surface area contributed by atoms with E-state index in [9.17, 15) is 9.59 Å². The number of carbonyl (C=O) groups excluding carboxylic acids is 2. The van der Waals surface area contributed by atoms with Crippen LogP contribution in [-0.2, 0) is 11.3 Å². The summed E-state index contributed by atoms with van der Waals surface area (Å²) >= 11 is 0. The molecule has 5 heteroatoms. The minimum Gasteiger partial charge on any atom is -0.332 e. The van der Waals surface area contributed by atoms with Crippen molar-refractivity contribution in [2.75, 3.05) is 0 Å². The molecule has 3 aliphatic rings. The van der Waals surface area contributed by atoms with Crippen LogP contribution in [-0.4, -0.2) is 38.0 Å². The van der Waals surface area contributed by atoms with Gasteiger partial charge in [0.25, 0.3) is 0 Å². The molecule has 2 aliphatic carbocycles. The lowest BCUT2D eigenvalue weighted by Gasteiger charge is -2.32. The van der Waals surface area contributed by atoms with Crippen molar-refractivity contribution >= 4 is 22.6 Å². The van der Waals surface area contributed by atoms with Crippen LogP contribution in [0.4, 0.5) is 0 Å². The molecule has 3 fully saturated rings. The predicted molar refractivity (Wildman–Crippen MR) is 104 cm³/mol. The summed E-state index contributed by atoms with van der Waals surface area (Å²) in [5, 5.41) is 5.34. The Morgan fingerprint density at radius 3 is 2.85 bits per heavy atom. The van der Waals surface area contributed by atoms with Crippen molar-refractivity contribution in [1.82, 2.24) is 14.7 Å². The van der Waals surface area contributed by atoms with Gasteiger partial charge >= 0.3 is 0 Å². The van der Waals surface area contributed by atoms with Crippen molar-refractivity contribution in [2.45, 2.75) is 76.9 Å². The second kappa shape index (κ2) is 5.66. The first-order valence-electron chi connectivity index (χ1n) is 10.2. The van der Waals surface area contributed by atoms with E-state index >= 15 is 0 Å². The number of fused-ring (bicyclic) bond motifs is 2. The third kappa shape index (κ3) is 2.33. The number of hydrogen-bond acceptors (Lipinski definition) is 3. The molecule has 1 spiro atoms. The van der Waals surface area contributed by atoms with Crippen LogP contribution in [0.25, 0.3) is 10.9 Å². The summed E-state index contributed by atoms with van der Waals surface area (Å²) in [7, 11) is 0. The fourth-order valence-electron chi connectivity index (χ4n) is 6.09. The Morgan fingerprint density at radius 1 is 1.22 bits per heavy atom. The number of aromatic nitrogens is 2. The van der Waals surface area contributed by atoms with Crippen LogP contribution >= 0.6 is 0 Å². The molecule has 2 heterocycles. The first-order chi connectivity index (χ1) is 13.0. The smallest absolute Gasteiger partial charge is 0.245 e. The highest BCUT2D eigenvalue weighted by molar-refractivity contribution is 6.05. The summed E-state index contributed by atoms with van der Waals surface area (Å²) < 4.78 is 1.73. The third-order valence-electron chi connectivity index (χ3n) is 7.46. The fraction of sp³-hybridized carbons (Fsp3) is 0.591. The molecule has 2 bridgehead atoms. The van der Waals surface area contributed by atoms with Gasteiger partial charge in [-0.15, -0.1) is 0 Å². The molecule has 5 nitrogen and oxygen atoms in total. The molecule has 142 valence electrons. The summed E-state index contributed by atoms with van der Waals surface area (Å²) in [5.74, 6) is 0.0997. The maximum Gasteiger partial charge on any atom is 0.245 e. The van der Waals surface area contributed by atoms with Crippen LogP contribution in [0.15, 0.2) is 24.3 Å². The molecule has 0 N–H and O–H groups in total. The van der Waals surface area contributed by atoms with Gasteiger partial charge in [-0.1, -0.05) is 37.5 Å². The molecule has 5 rings (SSSR count). The van der Waals surface area contributed by atoms with Gasteiger partial charge in [0.05, 0.1) is 5.52 Å². The van der Waals surface area contributed by atoms with Crippen LogP contribution < -0.4 is 0 Å². The van der Waals surface area contributed by atoms with E-state index in [0.717, 1.165) is 23.7 Å². The average molecular weight is 365 g/mol. The molecule has 1 aromatic carbocycles. The summed E-state index contributed by atoms with van der Waals surface area (Å²) in [6.07, 6.45) is 8.54. The van der Waals surface area contributed by atoms with Gasteiger partial charge in [0, 0.05) is 23.9 Å². The second-order valence-electron chi connectivity index (χ2n) is 9.03. The van der Waals surface area contributed by atoms with E-state index in [2.05, 4.69) is 16.9 Å². The van der Waals surface area contributed by atoms with Crippen LogP contribution in [0.3, 0.4) is 0 Å². The average Bonchev–Trinajstić information content (AvgIpc) is 2.92. The topological polar surface area (TPSA) is 55.2 Å². The summed E-state index contributed by atoms with van der Waals surface area (Å²) in [6.45, 7) is 4.04. The number of rotatable bonds is 3. The zero-order chi connectivity index (χ0) is 18.8. The molecule has 0 radical (unpaired) electrons. The van der Waals surface area contributed by atoms with Gasteiger partial charge in [0.15, 0.2) is 5.78 Å². The highest BCUT2D eigenvalue weighted by Crippen LogP contribution is 2.71. The molecule has 1 aliphatic heterocycles. The van der Waals surface area contributed by atoms with E-state index in [-0.39, 0.29) is 23.8 Å². The number of amides is 1. The van der Waals surface area contributed by atoms with E-state index in [1.165, 1.54) is 39.0 Å². The van der Waals surface area contributed by atoms with Crippen molar-refractivity contribution < 1.29 is 9.59 Å². The summed E-state index contributed by atoms with van der Waals surface area (Å²) in [4.78, 5) is 27.6. The van der Waals surface area contributed by atoms with Gasteiger partial charge in [-0.05, 0) is 44.1 Å². The molecule has 3 unspecified atom stereocenters. The molecular weight excluding hydrogens is 338 g/mol. The number of benzene rings is 1. The van der Waals surface area contributed by atoms with Gasteiger partial charge in [-0.25, -0.2) is 0 Å². The second-order valence-corrected chi connectivity index (χ2v) is 9.03. The van der Waals surface area contributed by atoms with Crippen molar-refractivity contribution in [3.63, 3.8) is 0 Å². The van der Waals surface area contributed by atoms with Gasteiger partial charge in [-0.3, -0.25) is 14.3 Å². The fourth-order valence-corrected chi connectivity index (χ4v) is 6.09. The van der Waals surface area contributed by atoms with E-state index in [1.54, 1.807) is 4.68 Å². The van der Waals surface area contributed by atoms with Gasteiger partial charge < -0.3 is 4.90 Å². The van der Waals surface area contributed by atoms with E-state index in [0.29, 0.717) is 17.2 Å². The Hall–Kier alpha value is -2.17. The van der Waals surface area contributed by atoms with Crippen molar-refractivity contribution in [3.05, 3.63) is 30.0 Å². The number of carbonyl (C=O) groups is 2. The number of likely N-dealkylation sites (tertiary alicyclic amines) is 1. The van der Waals surface area contributed by atoms with E-state index in [1.807, 2.05) is 24.3 Å². The lowest BCUT2D eigenvalue weighted by atomic mass is 9.87. The zero-order valence-electron chi connectivity index (χ0n) is 16.2. The highest BCUT2D eigenvalue weighted by atomic mass is 16.2. The molecule has 1 aromatic heterocycles. The number of Topliss-reactive ketones (excluding diaryl/α,β-unsaturated/α-hetero) is 1. The first kappa shape index (κ1) is 17.0. The predicted octanol–water partition coefficient (Wildman–Crippen LogP) is 3.95. The van der Waals surface area contributed by atoms with Crippen molar-refractivity contribution in [1.29, 1.82) is 0 Å². The summed E-state index contributed by atoms with van der Waals surface area (Å²) in [5.41, 5.74) is 1.72. The molecule has 1 saturated heterocycles. The molecule has 2 saturated carbocycles. The molecule has 1 amide bonds. The minimum absolute atomic E-state index is 0.0332. The Balaban J connectivity index is 1.48. The SMILES string of the molecule is CC(=O)c1nn(CC(=O)N2C3CCCCCC4(C3)CC24C)c2ccccc12. The Labute approximate surface area is 159 Å². The van der Waals surface area contributed by atoms with Gasteiger partial charge in [-0.2, -0.15) is 5.10 Å².